The normalized spacial score (nSPS) is 10.2. The van der Waals surface area contributed by atoms with Crippen LogP contribution in [0.1, 0.15) is 0 Å². The Balaban J connectivity index is 2.16. The van der Waals surface area contributed by atoms with Gasteiger partial charge < -0.3 is 25.0 Å². The Kier molecular flexibility index (Phi) is 6.65. The van der Waals surface area contributed by atoms with Crippen molar-refractivity contribution in [2.24, 2.45) is 5.73 Å². The minimum Gasteiger partial charge on any atom is -0.497 e. The smallest absolute Gasteiger partial charge is 0.246 e. The molecule has 1 amide bonds. The van der Waals surface area contributed by atoms with Crippen molar-refractivity contribution < 1.29 is 14.3 Å². The molecule has 0 radical (unpaired) electrons. The van der Waals surface area contributed by atoms with Gasteiger partial charge in [0.15, 0.2) is 0 Å². The molecule has 0 spiro atoms. The van der Waals surface area contributed by atoms with Crippen LogP contribution in [0, 0.1) is 0 Å². The molecule has 0 saturated carbocycles. The fraction of sp³-hybridized carbons (Fsp3) is 0.316. The first kappa shape index (κ1) is 18.6. The molecule has 2 N–H and O–H groups in total. The highest BCUT2D eigenvalue weighted by molar-refractivity contribution is 5.96. The number of carbonyl (C=O) groups excluding carboxylic acids is 1. The van der Waals surface area contributed by atoms with Crippen molar-refractivity contribution in [2.45, 2.75) is 0 Å². The van der Waals surface area contributed by atoms with E-state index in [2.05, 4.69) is 0 Å². The van der Waals surface area contributed by atoms with Gasteiger partial charge in [0.05, 0.1) is 26.5 Å². The number of rotatable bonds is 8. The zero-order chi connectivity index (χ0) is 18.2. The van der Waals surface area contributed by atoms with E-state index in [9.17, 15) is 4.79 Å². The van der Waals surface area contributed by atoms with E-state index < -0.39 is 0 Å². The topological polar surface area (TPSA) is 68.0 Å². The van der Waals surface area contributed by atoms with Gasteiger partial charge in [0.25, 0.3) is 0 Å². The van der Waals surface area contributed by atoms with E-state index in [0.717, 1.165) is 22.9 Å². The summed E-state index contributed by atoms with van der Waals surface area (Å²) in [6.45, 7) is 1.21. The third kappa shape index (κ3) is 4.64. The van der Waals surface area contributed by atoms with Crippen molar-refractivity contribution in [3.63, 3.8) is 0 Å². The Bertz CT molecular complexity index is 689. The largest absolute Gasteiger partial charge is 0.497 e. The standard InChI is InChI=1S/C19H25N3O3/c1-21(15-8-10-16(24-2)11-9-15)19(23)14-22(13-12-20)17-6-4-5-7-18(17)25-3/h4-11H,12-14,20H2,1-3H3. The number of anilines is 2. The summed E-state index contributed by atoms with van der Waals surface area (Å²) in [4.78, 5) is 16.3. The lowest BCUT2D eigenvalue weighted by molar-refractivity contribution is -0.117. The van der Waals surface area contributed by atoms with Gasteiger partial charge in [0.2, 0.25) is 5.91 Å². The molecule has 2 aromatic carbocycles. The maximum Gasteiger partial charge on any atom is 0.246 e. The molecule has 0 bridgehead atoms. The van der Waals surface area contributed by atoms with E-state index in [0.29, 0.717) is 13.1 Å². The van der Waals surface area contributed by atoms with Crippen molar-refractivity contribution in [2.75, 3.05) is 50.7 Å². The molecule has 0 aliphatic rings. The van der Waals surface area contributed by atoms with Crippen LogP contribution in [-0.4, -0.2) is 46.8 Å². The summed E-state index contributed by atoms with van der Waals surface area (Å²) < 4.78 is 10.6. The lowest BCUT2D eigenvalue weighted by Gasteiger charge is -2.28. The predicted molar refractivity (Wildman–Crippen MR) is 101 cm³/mol. The summed E-state index contributed by atoms with van der Waals surface area (Å²) in [5.41, 5.74) is 7.39. The van der Waals surface area contributed by atoms with E-state index >= 15 is 0 Å². The van der Waals surface area contributed by atoms with Crippen LogP contribution >= 0.6 is 0 Å². The molecule has 0 saturated heterocycles. The molecule has 0 unspecified atom stereocenters. The van der Waals surface area contributed by atoms with E-state index in [1.54, 1.807) is 26.2 Å². The van der Waals surface area contributed by atoms with Crippen LogP contribution in [0.5, 0.6) is 11.5 Å². The highest BCUT2D eigenvalue weighted by Crippen LogP contribution is 2.27. The average molecular weight is 343 g/mol. The zero-order valence-electron chi connectivity index (χ0n) is 14.9. The van der Waals surface area contributed by atoms with Gasteiger partial charge >= 0.3 is 0 Å². The molecule has 6 heteroatoms. The molecular weight excluding hydrogens is 318 g/mol. The molecule has 0 fully saturated rings. The number of carbonyl (C=O) groups is 1. The molecule has 2 aromatic rings. The van der Waals surface area contributed by atoms with Crippen molar-refractivity contribution >= 4 is 17.3 Å². The molecule has 0 heterocycles. The number of benzene rings is 2. The van der Waals surface area contributed by atoms with Crippen LogP contribution in [-0.2, 0) is 4.79 Å². The van der Waals surface area contributed by atoms with Crippen LogP contribution in [0.4, 0.5) is 11.4 Å². The lowest BCUT2D eigenvalue weighted by atomic mass is 10.2. The van der Waals surface area contributed by atoms with Gasteiger partial charge in [-0.3, -0.25) is 4.79 Å². The zero-order valence-corrected chi connectivity index (χ0v) is 14.9. The molecular formula is C19H25N3O3. The number of methoxy groups -OCH3 is 2. The van der Waals surface area contributed by atoms with Crippen LogP contribution in [0.15, 0.2) is 48.5 Å². The number of hydrogen-bond donors (Lipinski definition) is 1. The fourth-order valence-corrected chi connectivity index (χ4v) is 2.55. The monoisotopic (exact) mass is 343 g/mol. The lowest BCUT2D eigenvalue weighted by Crippen LogP contribution is -2.40. The molecule has 2 rings (SSSR count). The summed E-state index contributed by atoms with van der Waals surface area (Å²) in [7, 11) is 4.99. The average Bonchev–Trinajstić information content (AvgIpc) is 2.67. The van der Waals surface area contributed by atoms with Crippen LogP contribution in [0.3, 0.4) is 0 Å². The minimum absolute atomic E-state index is 0.0375. The third-order valence-electron chi connectivity index (χ3n) is 3.98. The Hall–Kier alpha value is -2.73. The number of nitrogens with zero attached hydrogens (tertiary/aromatic N) is 2. The van der Waals surface area contributed by atoms with Gasteiger partial charge in [-0.1, -0.05) is 12.1 Å². The predicted octanol–water partition coefficient (Wildman–Crippen LogP) is 2.13. The molecule has 6 nitrogen and oxygen atoms in total. The van der Waals surface area contributed by atoms with Gasteiger partial charge in [-0.2, -0.15) is 0 Å². The SMILES string of the molecule is COc1ccc(N(C)C(=O)CN(CCN)c2ccccc2OC)cc1. The highest BCUT2D eigenvalue weighted by Gasteiger charge is 2.18. The maximum atomic E-state index is 12.7. The van der Waals surface area contributed by atoms with Gasteiger partial charge in [-0.15, -0.1) is 0 Å². The van der Waals surface area contributed by atoms with Crippen LogP contribution in [0.25, 0.3) is 0 Å². The Morgan fingerprint density at radius 2 is 1.72 bits per heavy atom. The Morgan fingerprint density at radius 1 is 1.04 bits per heavy atom. The van der Waals surface area contributed by atoms with Gasteiger partial charge in [0.1, 0.15) is 11.5 Å². The highest BCUT2D eigenvalue weighted by atomic mass is 16.5. The third-order valence-corrected chi connectivity index (χ3v) is 3.98. The van der Waals surface area contributed by atoms with E-state index in [4.69, 9.17) is 15.2 Å². The summed E-state index contributed by atoms with van der Waals surface area (Å²) in [5, 5.41) is 0. The molecule has 25 heavy (non-hydrogen) atoms. The number of amides is 1. The van der Waals surface area contributed by atoms with Crippen molar-refractivity contribution in [3.05, 3.63) is 48.5 Å². The second-order valence-electron chi connectivity index (χ2n) is 5.53. The van der Waals surface area contributed by atoms with Crippen molar-refractivity contribution in [1.29, 1.82) is 0 Å². The van der Waals surface area contributed by atoms with Crippen LogP contribution in [0.2, 0.25) is 0 Å². The number of ether oxygens (including phenoxy) is 2. The molecule has 0 aromatic heterocycles. The summed E-state index contributed by atoms with van der Waals surface area (Å²) in [5.74, 6) is 1.43. The molecule has 0 aliphatic heterocycles. The van der Waals surface area contributed by atoms with Gasteiger partial charge in [-0.25, -0.2) is 0 Å². The van der Waals surface area contributed by atoms with E-state index in [1.807, 2.05) is 53.4 Å². The van der Waals surface area contributed by atoms with Crippen molar-refractivity contribution in [1.82, 2.24) is 0 Å². The minimum atomic E-state index is -0.0375. The molecule has 0 atom stereocenters. The summed E-state index contributed by atoms with van der Waals surface area (Å²) in [6, 6.07) is 15.0. The summed E-state index contributed by atoms with van der Waals surface area (Å²) >= 11 is 0. The number of nitrogens with two attached hydrogens (primary N) is 1. The maximum absolute atomic E-state index is 12.7. The second-order valence-corrected chi connectivity index (χ2v) is 5.53. The molecule has 134 valence electrons. The van der Waals surface area contributed by atoms with Crippen LogP contribution < -0.4 is 25.0 Å². The fourth-order valence-electron chi connectivity index (χ4n) is 2.55. The number of likely N-dealkylation sites (N-methyl/N-ethyl adjacent to an activating group) is 1. The van der Waals surface area contributed by atoms with Gasteiger partial charge in [0, 0.05) is 25.8 Å². The second kappa shape index (κ2) is 8.94. The van der Waals surface area contributed by atoms with Gasteiger partial charge in [-0.05, 0) is 36.4 Å². The van der Waals surface area contributed by atoms with Crippen molar-refractivity contribution in [3.8, 4) is 11.5 Å². The Morgan fingerprint density at radius 3 is 2.32 bits per heavy atom. The quantitative estimate of drug-likeness (QED) is 0.795. The Labute approximate surface area is 148 Å². The number of para-hydroxylation sites is 2. The summed E-state index contributed by atoms with van der Waals surface area (Å²) in [6.07, 6.45) is 0. The molecule has 0 aliphatic carbocycles. The van der Waals surface area contributed by atoms with E-state index in [1.165, 1.54) is 0 Å². The number of hydrogen-bond acceptors (Lipinski definition) is 5. The first-order chi connectivity index (χ1) is 12.1. The first-order valence-corrected chi connectivity index (χ1v) is 8.09. The first-order valence-electron chi connectivity index (χ1n) is 8.09. The van der Waals surface area contributed by atoms with E-state index in [-0.39, 0.29) is 12.5 Å².